The molecule has 0 saturated carbocycles. The molecule has 104 valence electrons. The first-order chi connectivity index (χ1) is 8.67. The number of carbonyl (C=O) groups excluding carboxylic acids is 2. The van der Waals surface area contributed by atoms with Crippen molar-refractivity contribution < 1.29 is 14.3 Å². The predicted molar refractivity (Wildman–Crippen MR) is 68.2 cm³/mol. The molecule has 2 N–H and O–H groups in total. The summed E-state index contributed by atoms with van der Waals surface area (Å²) in [6.45, 7) is 5.81. The number of esters is 1. The largest absolute Gasteiger partial charge is 0.469 e. The van der Waals surface area contributed by atoms with E-state index in [4.69, 9.17) is 0 Å². The summed E-state index contributed by atoms with van der Waals surface area (Å²) in [6, 6.07) is 0.482. The number of carbonyl (C=O) groups is 2. The van der Waals surface area contributed by atoms with Crippen LogP contribution >= 0.6 is 0 Å². The summed E-state index contributed by atoms with van der Waals surface area (Å²) < 4.78 is 4.53. The van der Waals surface area contributed by atoms with E-state index in [1.807, 2.05) is 0 Å². The first kappa shape index (κ1) is 14.9. The van der Waals surface area contributed by atoms with E-state index in [0.717, 1.165) is 19.6 Å². The lowest BCUT2D eigenvalue weighted by Crippen LogP contribution is -2.58. The maximum atomic E-state index is 11.7. The molecule has 0 aromatic heterocycles. The zero-order chi connectivity index (χ0) is 13.4. The molecule has 0 aromatic carbocycles. The van der Waals surface area contributed by atoms with Crippen LogP contribution in [0, 0.1) is 0 Å². The van der Waals surface area contributed by atoms with E-state index in [9.17, 15) is 9.59 Å². The average molecular weight is 257 g/mol. The third kappa shape index (κ3) is 5.01. The summed E-state index contributed by atoms with van der Waals surface area (Å²) in [7, 11) is 1.37. The van der Waals surface area contributed by atoms with Crippen LogP contribution in [0.3, 0.4) is 0 Å². The van der Waals surface area contributed by atoms with Gasteiger partial charge in [0, 0.05) is 32.1 Å². The molecule has 6 nitrogen and oxygen atoms in total. The second-order valence-corrected chi connectivity index (χ2v) is 4.40. The Morgan fingerprint density at radius 3 is 2.67 bits per heavy atom. The zero-order valence-electron chi connectivity index (χ0n) is 11.2. The summed E-state index contributed by atoms with van der Waals surface area (Å²) in [5.74, 6) is -0.214. The molecule has 1 aliphatic rings. The molecule has 1 rings (SSSR count). The number of likely N-dealkylation sites (N-methyl/N-ethyl adjacent to an activating group) is 1. The van der Waals surface area contributed by atoms with E-state index in [2.05, 4.69) is 27.2 Å². The lowest BCUT2D eigenvalue weighted by molar-refractivity contribution is -0.140. The van der Waals surface area contributed by atoms with Gasteiger partial charge in [-0.15, -0.1) is 0 Å². The van der Waals surface area contributed by atoms with Crippen LogP contribution in [-0.2, 0) is 14.3 Å². The summed E-state index contributed by atoms with van der Waals surface area (Å²) in [5, 5.41) is 6.02. The van der Waals surface area contributed by atoms with Crippen molar-refractivity contribution in [1.29, 1.82) is 0 Å². The van der Waals surface area contributed by atoms with Gasteiger partial charge in [0.25, 0.3) is 0 Å². The van der Waals surface area contributed by atoms with Crippen LogP contribution in [0.2, 0.25) is 0 Å². The van der Waals surface area contributed by atoms with Gasteiger partial charge >= 0.3 is 5.97 Å². The molecular formula is C12H23N3O3. The van der Waals surface area contributed by atoms with Crippen LogP contribution in [0.25, 0.3) is 0 Å². The lowest BCUT2D eigenvalue weighted by atomic mass is 10.1. The normalized spacial score (nSPS) is 15.3. The predicted octanol–water partition coefficient (Wildman–Crippen LogP) is -0.650. The zero-order valence-corrected chi connectivity index (χ0v) is 11.2. The van der Waals surface area contributed by atoms with Gasteiger partial charge in [-0.05, 0) is 13.0 Å². The Balaban J connectivity index is 2.10. The Kier molecular flexibility index (Phi) is 6.67. The second kappa shape index (κ2) is 8.05. The lowest BCUT2D eigenvalue weighted by Gasteiger charge is -2.37. The highest BCUT2D eigenvalue weighted by atomic mass is 16.5. The Bertz CT molecular complexity index is 280. The first-order valence-electron chi connectivity index (χ1n) is 6.45. The SMILES string of the molecule is CCN(CC(=O)NCCCC(=O)OC)C1CNC1. The Labute approximate surface area is 108 Å². The van der Waals surface area contributed by atoms with Crippen molar-refractivity contribution in [1.82, 2.24) is 15.5 Å². The molecule has 1 fully saturated rings. The molecule has 1 amide bonds. The fraction of sp³-hybridized carbons (Fsp3) is 0.833. The highest BCUT2D eigenvalue weighted by Crippen LogP contribution is 2.03. The monoisotopic (exact) mass is 257 g/mol. The standard InChI is InChI=1S/C12H23N3O3/c1-3-15(10-7-13-8-10)9-11(16)14-6-4-5-12(17)18-2/h10,13H,3-9H2,1-2H3,(H,14,16). The molecule has 0 unspecified atom stereocenters. The smallest absolute Gasteiger partial charge is 0.305 e. The van der Waals surface area contributed by atoms with Crippen LogP contribution < -0.4 is 10.6 Å². The number of ether oxygens (including phenoxy) is 1. The molecule has 0 bridgehead atoms. The minimum absolute atomic E-state index is 0.0219. The van der Waals surface area contributed by atoms with Crippen LogP contribution in [0.15, 0.2) is 0 Å². The molecule has 18 heavy (non-hydrogen) atoms. The van der Waals surface area contributed by atoms with Crippen molar-refractivity contribution in [2.24, 2.45) is 0 Å². The van der Waals surface area contributed by atoms with Gasteiger partial charge in [-0.1, -0.05) is 6.92 Å². The molecule has 1 heterocycles. The van der Waals surface area contributed by atoms with Crippen LogP contribution in [0.5, 0.6) is 0 Å². The van der Waals surface area contributed by atoms with E-state index in [0.29, 0.717) is 32.0 Å². The van der Waals surface area contributed by atoms with Crippen molar-refractivity contribution in [2.45, 2.75) is 25.8 Å². The van der Waals surface area contributed by atoms with Crippen LogP contribution in [0.1, 0.15) is 19.8 Å². The molecule has 0 radical (unpaired) electrons. The minimum Gasteiger partial charge on any atom is -0.469 e. The highest BCUT2D eigenvalue weighted by molar-refractivity contribution is 5.78. The topological polar surface area (TPSA) is 70.7 Å². The number of methoxy groups -OCH3 is 1. The van der Waals surface area contributed by atoms with Crippen molar-refractivity contribution >= 4 is 11.9 Å². The fourth-order valence-corrected chi connectivity index (χ4v) is 1.83. The van der Waals surface area contributed by atoms with Gasteiger partial charge in [-0.2, -0.15) is 0 Å². The van der Waals surface area contributed by atoms with E-state index < -0.39 is 0 Å². The van der Waals surface area contributed by atoms with Gasteiger partial charge in [0.1, 0.15) is 0 Å². The number of hydrogen-bond donors (Lipinski definition) is 2. The molecule has 1 aliphatic heterocycles. The third-order valence-electron chi connectivity index (χ3n) is 3.14. The summed E-state index contributed by atoms with van der Waals surface area (Å²) in [5.41, 5.74) is 0. The van der Waals surface area contributed by atoms with Crippen molar-refractivity contribution in [3.8, 4) is 0 Å². The van der Waals surface area contributed by atoms with Gasteiger partial charge < -0.3 is 15.4 Å². The van der Waals surface area contributed by atoms with Gasteiger partial charge in [0.05, 0.1) is 13.7 Å². The number of hydrogen-bond acceptors (Lipinski definition) is 5. The molecule has 0 spiro atoms. The van der Waals surface area contributed by atoms with Crippen molar-refractivity contribution in [3.05, 3.63) is 0 Å². The number of rotatable bonds is 8. The number of nitrogens with zero attached hydrogens (tertiary/aromatic N) is 1. The molecule has 1 saturated heterocycles. The first-order valence-corrected chi connectivity index (χ1v) is 6.45. The Hall–Kier alpha value is -1.14. The number of nitrogens with one attached hydrogen (secondary N) is 2. The number of amides is 1. The maximum Gasteiger partial charge on any atom is 0.305 e. The minimum atomic E-state index is -0.236. The fourth-order valence-electron chi connectivity index (χ4n) is 1.83. The van der Waals surface area contributed by atoms with Gasteiger partial charge in [0.2, 0.25) is 5.91 Å². The van der Waals surface area contributed by atoms with Crippen molar-refractivity contribution in [2.75, 3.05) is 39.8 Å². The Morgan fingerprint density at radius 1 is 1.44 bits per heavy atom. The molecular weight excluding hydrogens is 234 g/mol. The molecule has 0 atom stereocenters. The molecule has 0 aromatic rings. The summed E-state index contributed by atoms with van der Waals surface area (Å²) in [4.78, 5) is 24.7. The second-order valence-electron chi connectivity index (χ2n) is 4.40. The van der Waals surface area contributed by atoms with Gasteiger partial charge in [-0.3, -0.25) is 14.5 Å². The van der Waals surface area contributed by atoms with Crippen molar-refractivity contribution in [3.63, 3.8) is 0 Å². The van der Waals surface area contributed by atoms with E-state index in [-0.39, 0.29) is 11.9 Å². The van der Waals surface area contributed by atoms with Crippen LogP contribution in [-0.4, -0.2) is 62.7 Å². The molecule has 0 aliphatic carbocycles. The van der Waals surface area contributed by atoms with Gasteiger partial charge in [-0.25, -0.2) is 0 Å². The summed E-state index contributed by atoms with van der Waals surface area (Å²) in [6.07, 6.45) is 0.969. The summed E-state index contributed by atoms with van der Waals surface area (Å²) >= 11 is 0. The quantitative estimate of drug-likeness (QED) is 0.447. The van der Waals surface area contributed by atoms with Crippen LogP contribution in [0.4, 0.5) is 0 Å². The molecule has 6 heteroatoms. The van der Waals surface area contributed by atoms with Gasteiger partial charge in [0.15, 0.2) is 0 Å². The maximum absolute atomic E-state index is 11.7. The average Bonchev–Trinajstić information content (AvgIpc) is 2.31. The van der Waals surface area contributed by atoms with E-state index in [1.165, 1.54) is 7.11 Å². The van der Waals surface area contributed by atoms with E-state index in [1.54, 1.807) is 0 Å². The Morgan fingerprint density at radius 2 is 2.17 bits per heavy atom. The highest BCUT2D eigenvalue weighted by Gasteiger charge is 2.24. The van der Waals surface area contributed by atoms with E-state index >= 15 is 0 Å². The third-order valence-corrected chi connectivity index (χ3v) is 3.14.